The number of nitrogens with zero attached hydrogens (tertiary/aromatic N) is 2. The predicted octanol–water partition coefficient (Wildman–Crippen LogP) is 4.19. The van der Waals surface area contributed by atoms with Crippen molar-refractivity contribution in [2.24, 2.45) is 0 Å². The Morgan fingerprint density at radius 1 is 0.905 bits per heavy atom. The van der Waals surface area contributed by atoms with Gasteiger partial charge >= 0.3 is 0 Å². The topological polar surface area (TPSA) is 38.0 Å². The van der Waals surface area contributed by atoms with E-state index in [0.29, 0.717) is 0 Å². The van der Waals surface area contributed by atoms with Crippen LogP contribution in [-0.2, 0) is 0 Å². The zero-order valence-corrected chi connectivity index (χ0v) is 11.6. The summed E-state index contributed by atoms with van der Waals surface area (Å²) in [6.07, 6.45) is 1.78. The van der Waals surface area contributed by atoms with Crippen LogP contribution in [0, 0.1) is 6.92 Å². The van der Waals surface area contributed by atoms with E-state index >= 15 is 0 Å². The minimum atomic E-state index is 0.263. The van der Waals surface area contributed by atoms with Crippen molar-refractivity contribution in [1.82, 2.24) is 9.55 Å². The molecule has 0 bridgehead atoms. The van der Waals surface area contributed by atoms with Crippen molar-refractivity contribution >= 4 is 21.8 Å². The Balaban J connectivity index is 2.24. The fourth-order valence-electron chi connectivity index (χ4n) is 2.85. The minimum absolute atomic E-state index is 0.263. The highest BCUT2D eigenvalue weighted by Crippen LogP contribution is 2.33. The third-order valence-electron chi connectivity index (χ3n) is 3.78. The van der Waals surface area contributed by atoms with Gasteiger partial charge in [-0.1, -0.05) is 18.2 Å². The van der Waals surface area contributed by atoms with Crippen LogP contribution in [0.2, 0.25) is 0 Å². The molecule has 4 aromatic rings. The van der Waals surface area contributed by atoms with Gasteiger partial charge in [-0.05, 0) is 42.8 Å². The monoisotopic (exact) mass is 274 g/mol. The van der Waals surface area contributed by atoms with Crippen LogP contribution < -0.4 is 0 Å². The molecule has 0 aliphatic heterocycles. The summed E-state index contributed by atoms with van der Waals surface area (Å²) in [5.41, 5.74) is 3.27. The van der Waals surface area contributed by atoms with E-state index in [2.05, 4.69) is 34.7 Å². The number of phenolic OH excluding ortho intramolecular Hbond substituents is 1. The quantitative estimate of drug-likeness (QED) is 0.565. The number of hydrogen-bond acceptors (Lipinski definition) is 2. The third-order valence-corrected chi connectivity index (χ3v) is 3.78. The zero-order chi connectivity index (χ0) is 14.4. The molecule has 0 aliphatic rings. The van der Waals surface area contributed by atoms with Crippen molar-refractivity contribution in [3.05, 3.63) is 66.4 Å². The molecule has 0 saturated heterocycles. The van der Waals surface area contributed by atoms with E-state index in [1.54, 1.807) is 18.3 Å². The first-order valence-electron chi connectivity index (χ1n) is 6.89. The number of fused-ring (bicyclic) bond motifs is 3. The second-order valence-corrected chi connectivity index (χ2v) is 5.25. The molecule has 4 rings (SSSR count). The van der Waals surface area contributed by atoms with Gasteiger partial charge in [0.05, 0.1) is 11.0 Å². The Labute approximate surface area is 122 Å². The summed E-state index contributed by atoms with van der Waals surface area (Å²) < 4.78 is 2.09. The van der Waals surface area contributed by atoms with E-state index in [9.17, 15) is 5.11 Å². The molecule has 0 spiro atoms. The lowest BCUT2D eigenvalue weighted by Gasteiger charge is -2.06. The molecule has 1 N–H and O–H groups in total. The van der Waals surface area contributed by atoms with Crippen LogP contribution in [0.5, 0.6) is 5.75 Å². The lowest BCUT2D eigenvalue weighted by atomic mass is 10.1. The summed E-state index contributed by atoms with van der Waals surface area (Å²) >= 11 is 0. The van der Waals surface area contributed by atoms with Crippen LogP contribution in [0.15, 0.2) is 60.8 Å². The van der Waals surface area contributed by atoms with Crippen molar-refractivity contribution in [2.45, 2.75) is 6.92 Å². The predicted molar refractivity (Wildman–Crippen MR) is 85.0 cm³/mol. The van der Waals surface area contributed by atoms with Crippen LogP contribution >= 0.6 is 0 Å². The number of rotatable bonds is 1. The lowest BCUT2D eigenvalue weighted by Crippen LogP contribution is -1.96. The third kappa shape index (κ3) is 1.78. The Morgan fingerprint density at radius 3 is 2.43 bits per heavy atom. The fourth-order valence-corrected chi connectivity index (χ4v) is 2.85. The highest BCUT2D eigenvalue weighted by molar-refractivity contribution is 6.09. The lowest BCUT2D eigenvalue weighted by molar-refractivity contribution is 0.476. The van der Waals surface area contributed by atoms with Gasteiger partial charge in [-0.2, -0.15) is 0 Å². The molecule has 102 valence electrons. The average molecular weight is 274 g/mol. The van der Waals surface area contributed by atoms with E-state index in [4.69, 9.17) is 0 Å². The average Bonchev–Trinajstić information content (AvgIpc) is 2.80. The fraction of sp³-hybridized carbons (Fsp3) is 0.0556. The van der Waals surface area contributed by atoms with E-state index in [1.165, 1.54) is 10.9 Å². The highest BCUT2D eigenvalue weighted by Gasteiger charge is 2.13. The summed E-state index contributed by atoms with van der Waals surface area (Å²) in [7, 11) is 0. The minimum Gasteiger partial charge on any atom is -0.508 e. The molecule has 2 aromatic carbocycles. The smallest absolute Gasteiger partial charge is 0.137 e. The molecule has 0 radical (unpaired) electrons. The summed E-state index contributed by atoms with van der Waals surface area (Å²) in [6.45, 7) is 2.08. The Kier molecular flexibility index (Phi) is 2.48. The van der Waals surface area contributed by atoms with Gasteiger partial charge in [0.25, 0.3) is 0 Å². The molecule has 3 heteroatoms. The molecule has 0 atom stereocenters. The molecular weight excluding hydrogens is 260 g/mol. The van der Waals surface area contributed by atoms with Crippen LogP contribution in [0.4, 0.5) is 0 Å². The molecule has 0 saturated carbocycles. The van der Waals surface area contributed by atoms with Gasteiger partial charge in [0, 0.05) is 23.0 Å². The molecule has 3 nitrogen and oxygen atoms in total. The zero-order valence-electron chi connectivity index (χ0n) is 11.6. The Morgan fingerprint density at radius 2 is 1.67 bits per heavy atom. The van der Waals surface area contributed by atoms with Gasteiger partial charge < -0.3 is 5.11 Å². The van der Waals surface area contributed by atoms with Gasteiger partial charge in [0.15, 0.2) is 0 Å². The number of benzene rings is 2. The summed E-state index contributed by atoms with van der Waals surface area (Å²) in [4.78, 5) is 4.46. The molecule has 2 aromatic heterocycles. The first kappa shape index (κ1) is 12.0. The molecule has 0 unspecified atom stereocenters. The maximum atomic E-state index is 9.85. The second kappa shape index (κ2) is 4.35. The van der Waals surface area contributed by atoms with Gasteiger partial charge in [-0.3, -0.25) is 4.57 Å². The molecule has 0 amide bonds. The van der Waals surface area contributed by atoms with E-state index in [0.717, 1.165) is 22.2 Å². The van der Waals surface area contributed by atoms with Crippen molar-refractivity contribution in [3.63, 3.8) is 0 Å². The second-order valence-electron chi connectivity index (χ2n) is 5.25. The Bertz CT molecular complexity index is 896. The maximum absolute atomic E-state index is 9.85. The molecule has 0 aliphatic carbocycles. The number of aromatic nitrogens is 2. The standard InChI is InChI=1S/C18H14N2O/c1-12-5-7-14-15-8-6-13(21)11-17(15)20(16(14)10-12)18-4-2-3-9-19-18/h2-11,21H,1H3. The highest BCUT2D eigenvalue weighted by atomic mass is 16.3. The summed E-state index contributed by atoms with van der Waals surface area (Å²) in [6, 6.07) is 17.7. The van der Waals surface area contributed by atoms with Crippen LogP contribution in [0.1, 0.15) is 5.56 Å². The van der Waals surface area contributed by atoms with Crippen LogP contribution in [0.25, 0.3) is 27.6 Å². The number of pyridine rings is 1. The Hall–Kier alpha value is -2.81. The summed E-state index contributed by atoms with van der Waals surface area (Å²) in [5.74, 6) is 1.12. The first-order chi connectivity index (χ1) is 10.2. The van der Waals surface area contributed by atoms with Crippen molar-refractivity contribution < 1.29 is 5.11 Å². The molecule has 21 heavy (non-hydrogen) atoms. The van der Waals surface area contributed by atoms with Gasteiger partial charge in [0.1, 0.15) is 11.6 Å². The van der Waals surface area contributed by atoms with Gasteiger partial charge in [-0.15, -0.1) is 0 Å². The van der Waals surface area contributed by atoms with E-state index in [-0.39, 0.29) is 5.75 Å². The maximum Gasteiger partial charge on any atom is 0.137 e. The summed E-state index contributed by atoms with van der Waals surface area (Å²) in [5, 5.41) is 12.1. The molecule has 2 heterocycles. The first-order valence-corrected chi connectivity index (χ1v) is 6.89. The van der Waals surface area contributed by atoms with Crippen molar-refractivity contribution in [1.29, 1.82) is 0 Å². The van der Waals surface area contributed by atoms with Crippen molar-refractivity contribution in [2.75, 3.05) is 0 Å². The van der Waals surface area contributed by atoms with Gasteiger partial charge in [-0.25, -0.2) is 4.98 Å². The molecular formula is C18H14N2O. The number of hydrogen-bond donors (Lipinski definition) is 1. The van der Waals surface area contributed by atoms with Crippen LogP contribution in [-0.4, -0.2) is 14.7 Å². The number of aromatic hydroxyl groups is 1. The number of aryl methyl sites for hydroxylation is 1. The largest absolute Gasteiger partial charge is 0.508 e. The van der Waals surface area contributed by atoms with Crippen molar-refractivity contribution in [3.8, 4) is 11.6 Å². The van der Waals surface area contributed by atoms with Crippen LogP contribution in [0.3, 0.4) is 0 Å². The van der Waals surface area contributed by atoms with E-state index in [1.807, 2.05) is 24.3 Å². The normalized spacial score (nSPS) is 11.3. The molecule has 0 fully saturated rings. The SMILES string of the molecule is Cc1ccc2c3ccc(O)cc3n(-c3ccccn3)c2c1. The number of phenols is 1. The van der Waals surface area contributed by atoms with Gasteiger partial charge in [0.2, 0.25) is 0 Å². The van der Waals surface area contributed by atoms with E-state index < -0.39 is 0 Å².